The molecule has 0 bridgehead atoms. The number of phenolic OH excluding ortho intramolecular Hbond substituents is 1. The van der Waals surface area contributed by atoms with Gasteiger partial charge in [-0.1, -0.05) is 30.0 Å². The maximum atomic E-state index is 12.3. The molecule has 2 aromatic carbocycles. The van der Waals surface area contributed by atoms with Crippen LogP contribution in [0.3, 0.4) is 0 Å². The molecular weight excluding hydrogens is 360 g/mol. The Labute approximate surface area is 162 Å². The van der Waals surface area contributed by atoms with Crippen LogP contribution in [0.4, 0.5) is 5.69 Å². The van der Waals surface area contributed by atoms with Crippen molar-refractivity contribution < 1.29 is 9.90 Å². The monoisotopic (exact) mass is 382 g/mol. The van der Waals surface area contributed by atoms with E-state index in [1.165, 1.54) is 11.8 Å². The number of carbonyl (C=O) groups is 1. The zero-order valence-corrected chi connectivity index (χ0v) is 16.4. The number of rotatable bonds is 6. The highest BCUT2D eigenvalue weighted by Gasteiger charge is 2.16. The van der Waals surface area contributed by atoms with E-state index in [9.17, 15) is 9.90 Å². The number of carbonyl (C=O) groups excluding carboxylic acids is 1. The van der Waals surface area contributed by atoms with Crippen LogP contribution >= 0.6 is 11.8 Å². The summed E-state index contributed by atoms with van der Waals surface area (Å²) >= 11 is 1.32. The third kappa shape index (κ3) is 4.49. The van der Waals surface area contributed by atoms with Gasteiger partial charge >= 0.3 is 0 Å². The largest absolute Gasteiger partial charge is 0.507 e. The Hall–Kier alpha value is -2.80. The van der Waals surface area contributed by atoms with Gasteiger partial charge in [0.15, 0.2) is 11.0 Å². The molecule has 0 saturated carbocycles. The summed E-state index contributed by atoms with van der Waals surface area (Å²) in [4.78, 5) is 12.3. The number of hydrogen-bond acceptors (Lipinski definition) is 5. The van der Waals surface area contributed by atoms with E-state index in [1.807, 2.05) is 43.5 Å². The molecule has 3 aromatic rings. The van der Waals surface area contributed by atoms with Crippen LogP contribution in [0.25, 0.3) is 11.4 Å². The van der Waals surface area contributed by atoms with Crippen LogP contribution in [0.2, 0.25) is 0 Å². The second kappa shape index (κ2) is 8.26. The summed E-state index contributed by atoms with van der Waals surface area (Å²) in [6.45, 7) is 6.62. The van der Waals surface area contributed by atoms with E-state index >= 15 is 0 Å². The average Bonchev–Trinajstić information content (AvgIpc) is 3.02. The Balaban J connectivity index is 1.71. The number of nitrogens with one attached hydrogen (secondary N) is 1. The fourth-order valence-electron chi connectivity index (χ4n) is 2.92. The summed E-state index contributed by atoms with van der Waals surface area (Å²) in [5.74, 6) is 0.877. The molecule has 0 aliphatic heterocycles. The van der Waals surface area contributed by atoms with Gasteiger partial charge in [0.25, 0.3) is 0 Å². The number of aryl methyl sites for hydroxylation is 2. The topological polar surface area (TPSA) is 80.0 Å². The SMILES string of the molecule is CCn1c(SCC(=O)Nc2cc(C)cc(C)c2)nnc1-c1ccccc1O. The van der Waals surface area contributed by atoms with Gasteiger partial charge in [-0.3, -0.25) is 4.79 Å². The first-order valence-corrected chi connectivity index (χ1v) is 9.69. The summed E-state index contributed by atoms with van der Waals surface area (Å²) in [5, 5.41) is 22.0. The molecule has 0 fully saturated rings. The molecule has 1 aromatic heterocycles. The van der Waals surface area contributed by atoms with Crippen molar-refractivity contribution in [1.29, 1.82) is 0 Å². The zero-order chi connectivity index (χ0) is 19.4. The third-order valence-corrected chi connectivity index (χ3v) is 4.98. The second-order valence-corrected chi connectivity index (χ2v) is 7.22. The van der Waals surface area contributed by atoms with Crippen molar-refractivity contribution in [2.45, 2.75) is 32.5 Å². The zero-order valence-electron chi connectivity index (χ0n) is 15.6. The minimum Gasteiger partial charge on any atom is -0.507 e. The number of thioether (sulfide) groups is 1. The van der Waals surface area contributed by atoms with Gasteiger partial charge < -0.3 is 15.0 Å². The van der Waals surface area contributed by atoms with Crippen LogP contribution in [-0.4, -0.2) is 31.5 Å². The Bertz CT molecular complexity index is 948. The van der Waals surface area contributed by atoms with Crippen molar-refractivity contribution in [1.82, 2.24) is 14.8 Å². The number of para-hydroxylation sites is 1. The maximum Gasteiger partial charge on any atom is 0.234 e. The molecule has 7 heteroatoms. The standard InChI is InChI=1S/C20H22N4O2S/c1-4-24-19(16-7-5-6-8-17(16)25)22-23-20(24)27-12-18(26)21-15-10-13(2)9-14(3)11-15/h5-11,25H,4,12H2,1-3H3,(H,21,26). The van der Waals surface area contributed by atoms with Gasteiger partial charge in [-0.05, 0) is 56.2 Å². The lowest BCUT2D eigenvalue weighted by Crippen LogP contribution is -2.15. The minimum absolute atomic E-state index is 0.0974. The van der Waals surface area contributed by atoms with E-state index in [-0.39, 0.29) is 17.4 Å². The smallest absolute Gasteiger partial charge is 0.234 e. The third-order valence-electron chi connectivity index (χ3n) is 4.02. The van der Waals surface area contributed by atoms with Crippen LogP contribution in [0.15, 0.2) is 47.6 Å². The van der Waals surface area contributed by atoms with Crippen molar-refractivity contribution in [3.05, 3.63) is 53.6 Å². The highest BCUT2D eigenvalue weighted by atomic mass is 32.2. The van der Waals surface area contributed by atoms with Crippen LogP contribution in [0.1, 0.15) is 18.1 Å². The Morgan fingerprint density at radius 2 is 1.85 bits per heavy atom. The number of benzene rings is 2. The number of anilines is 1. The van der Waals surface area contributed by atoms with E-state index in [0.29, 0.717) is 23.1 Å². The molecule has 3 rings (SSSR count). The van der Waals surface area contributed by atoms with Crippen LogP contribution in [-0.2, 0) is 11.3 Å². The molecule has 0 aliphatic carbocycles. The first kappa shape index (κ1) is 19.0. The Morgan fingerprint density at radius 3 is 2.52 bits per heavy atom. The first-order valence-electron chi connectivity index (χ1n) is 8.70. The fraction of sp³-hybridized carbons (Fsp3) is 0.250. The summed E-state index contributed by atoms with van der Waals surface area (Å²) in [7, 11) is 0. The molecule has 0 spiro atoms. The number of phenols is 1. The molecule has 0 aliphatic rings. The first-order chi connectivity index (χ1) is 13.0. The predicted octanol–water partition coefficient (Wildman–Crippen LogP) is 4.02. The van der Waals surface area contributed by atoms with Gasteiger partial charge in [0.2, 0.25) is 5.91 Å². The van der Waals surface area contributed by atoms with Crippen molar-refractivity contribution in [3.8, 4) is 17.1 Å². The van der Waals surface area contributed by atoms with Crippen molar-refractivity contribution >= 4 is 23.4 Å². The quantitative estimate of drug-likeness (QED) is 0.630. The fourth-order valence-corrected chi connectivity index (χ4v) is 3.72. The van der Waals surface area contributed by atoms with E-state index in [4.69, 9.17) is 0 Å². The molecule has 6 nitrogen and oxygen atoms in total. The molecule has 1 heterocycles. The summed E-state index contributed by atoms with van der Waals surface area (Å²) < 4.78 is 1.89. The van der Waals surface area contributed by atoms with Crippen molar-refractivity contribution in [3.63, 3.8) is 0 Å². The molecule has 27 heavy (non-hydrogen) atoms. The van der Waals surface area contributed by atoms with Crippen molar-refractivity contribution in [2.75, 3.05) is 11.1 Å². The van der Waals surface area contributed by atoms with Gasteiger partial charge in [-0.25, -0.2) is 0 Å². The molecule has 0 unspecified atom stereocenters. The molecule has 0 radical (unpaired) electrons. The van der Waals surface area contributed by atoms with Gasteiger partial charge in [0, 0.05) is 12.2 Å². The molecular formula is C20H22N4O2S. The molecule has 140 valence electrons. The number of nitrogens with zero attached hydrogens (tertiary/aromatic N) is 3. The van der Waals surface area contributed by atoms with E-state index < -0.39 is 0 Å². The lowest BCUT2D eigenvalue weighted by Gasteiger charge is -2.09. The average molecular weight is 382 g/mol. The molecule has 2 N–H and O–H groups in total. The summed E-state index contributed by atoms with van der Waals surface area (Å²) in [6.07, 6.45) is 0. The Kier molecular flexibility index (Phi) is 5.81. The molecule has 0 saturated heterocycles. The van der Waals surface area contributed by atoms with E-state index in [0.717, 1.165) is 16.8 Å². The van der Waals surface area contributed by atoms with E-state index in [2.05, 4.69) is 21.6 Å². The summed E-state index contributed by atoms with van der Waals surface area (Å²) in [5.41, 5.74) is 3.63. The number of aromatic hydroxyl groups is 1. The maximum absolute atomic E-state index is 12.3. The lowest BCUT2D eigenvalue weighted by atomic mass is 10.1. The number of hydrogen-bond donors (Lipinski definition) is 2. The lowest BCUT2D eigenvalue weighted by molar-refractivity contribution is -0.113. The van der Waals surface area contributed by atoms with Gasteiger partial charge in [-0.15, -0.1) is 10.2 Å². The molecule has 1 amide bonds. The van der Waals surface area contributed by atoms with Crippen LogP contribution in [0, 0.1) is 13.8 Å². The van der Waals surface area contributed by atoms with Crippen LogP contribution < -0.4 is 5.32 Å². The van der Waals surface area contributed by atoms with Crippen molar-refractivity contribution in [2.24, 2.45) is 0 Å². The van der Waals surface area contributed by atoms with Crippen LogP contribution in [0.5, 0.6) is 5.75 Å². The van der Waals surface area contributed by atoms with Gasteiger partial charge in [0.1, 0.15) is 5.75 Å². The van der Waals surface area contributed by atoms with Gasteiger partial charge in [0.05, 0.1) is 11.3 Å². The number of amides is 1. The van der Waals surface area contributed by atoms with Gasteiger partial charge in [-0.2, -0.15) is 0 Å². The highest BCUT2D eigenvalue weighted by Crippen LogP contribution is 2.30. The Morgan fingerprint density at radius 1 is 1.15 bits per heavy atom. The highest BCUT2D eigenvalue weighted by molar-refractivity contribution is 7.99. The normalized spacial score (nSPS) is 10.8. The number of aromatic nitrogens is 3. The second-order valence-electron chi connectivity index (χ2n) is 6.28. The minimum atomic E-state index is -0.0974. The van der Waals surface area contributed by atoms with E-state index in [1.54, 1.807) is 18.2 Å². The predicted molar refractivity (Wildman–Crippen MR) is 108 cm³/mol. The molecule has 0 atom stereocenters. The summed E-state index contributed by atoms with van der Waals surface area (Å²) in [6, 6.07) is 13.0.